The molecule has 1 aromatic carbocycles. The summed E-state index contributed by atoms with van der Waals surface area (Å²) in [5, 5.41) is 3.85. The average molecular weight is 458 g/mol. The van der Waals surface area contributed by atoms with Crippen LogP contribution in [0.3, 0.4) is 0 Å². The summed E-state index contributed by atoms with van der Waals surface area (Å²) in [7, 11) is 0. The number of pyridine rings is 2. The number of esters is 1. The van der Waals surface area contributed by atoms with Crippen molar-refractivity contribution in [2.45, 2.75) is 39.2 Å². The standard InChI is InChI=1S/C23H21Cl2N3O3/c1-12-7-8-19-16(9-12)20(15-5-3-4-6-18(15)27-19)23(30)31-13(2)22(29)28-21-17(25)10-14(24)11-26-21/h3-6,10-13H,7-9H2,1-2H3,(H,26,28,29). The fraction of sp³-hybridized carbons (Fsp3) is 0.304. The number of fused-ring (bicyclic) bond motifs is 2. The quantitative estimate of drug-likeness (QED) is 0.541. The topological polar surface area (TPSA) is 81.2 Å². The third kappa shape index (κ3) is 4.50. The first-order valence-electron chi connectivity index (χ1n) is 10.1. The highest BCUT2D eigenvalue weighted by atomic mass is 35.5. The number of carbonyl (C=O) groups excluding carboxylic acids is 2. The maximum absolute atomic E-state index is 13.2. The molecule has 0 saturated heterocycles. The van der Waals surface area contributed by atoms with E-state index in [1.165, 1.54) is 19.2 Å². The Balaban J connectivity index is 1.60. The third-order valence-electron chi connectivity index (χ3n) is 5.41. The Bertz CT molecular complexity index is 1180. The number of carbonyl (C=O) groups is 2. The van der Waals surface area contributed by atoms with Crippen LogP contribution < -0.4 is 5.32 Å². The second-order valence-corrected chi connectivity index (χ2v) is 8.64. The molecule has 31 heavy (non-hydrogen) atoms. The highest BCUT2D eigenvalue weighted by molar-refractivity contribution is 6.36. The number of nitrogens with one attached hydrogen (secondary N) is 1. The van der Waals surface area contributed by atoms with E-state index in [1.807, 2.05) is 24.3 Å². The summed E-state index contributed by atoms with van der Waals surface area (Å²) in [4.78, 5) is 34.6. The molecule has 3 aromatic rings. The van der Waals surface area contributed by atoms with E-state index in [9.17, 15) is 9.59 Å². The molecule has 8 heteroatoms. The number of rotatable bonds is 4. The normalized spacial score (nSPS) is 16.5. The van der Waals surface area contributed by atoms with Gasteiger partial charge in [-0.25, -0.2) is 9.78 Å². The number of aromatic nitrogens is 2. The molecule has 6 nitrogen and oxygen atoms in total. The Labute approximate surface area is 189 Å². The minimum atomic E-state index is -1.05. The molecule has 0 radical (unpaired) electrons. The molecule has 2 heterocycles. The monoisotopic (exact) mass is 457 g/mol. The fourth-order valence-electron chi connectivity index (χ4n) is 3.79. The van der Waals surface area contributed by atoms with Crippen LogP contribution >= 0.6 is 23.2 Å². The van der Waals surface area contributed by atoms with Crippen LogP contribution in [-0.4, -0.2) is 27.9 Å². The van der Waals surface area contributed by atoms with Crippen molar-refractivity contribution >= 4 is 51.8 Å². The average Bonchev–Trinajstić information content (AvgIpc) is 2.73. The molecule has 2 unspecified atom stereocenters. The van der Waals surface area contributed by atoms with Crippen LogP contribution in [0.1, 0.15) is 41.9 Å². The van der Waals surface area contributed by atoms with Gasteiger partial charge in [0.2, 0.25) is 0 Å². The summed E-state index contributed by atoms with van der Waals surface area (Å²) in [5.74, 6) is -0.479. The van der Waals surface area contributed by atoms with Gasteiger partial charge in [-0.05, 0) is 49.8 Å². The predicted octanol–water partition coefficient (Wildman–Crippen LogP) is 5.25. The van der Waals surface area contributed by atoms with Gasteiger partial charge >= 0.3 is 5.97 Å². The van der Waals surface area contributed by atoms with Crippen LogP contribution in [0.2, 0.25) is 10.0 Å². The van der Waals surface area contributed by atoms with Gasteiger partial charge in [-0.15, -0.1) is 0 Å². The van der Waals surface area contributed by atoms with Crippen molar-refractivity contribution in [3.05, 3.63) is 63.4 Å². The van der Waals surface area contributed by atoms with Crippen LogP contribution in [0.5, 0.6) is 0 Å². The van der Waals surface area contributed by atoms with Crippen LogP contribution in [0.25, 0.3) is 10.9 Å². The van der Waals surface area contributed by atoms with Gasteiger partial charge in [-0.3, -0.25) is 9.78 Å². The van der Waals surface area contributed by atoms with Gasteiger partial charge in [0.25, 0.3) is 5.91 Å². The number of para-hydroxylation sites is 1. The predicted molar refractivity (Wildman–Crippen MR) is 121 cm³/mol. The first kappa shape index (κ1) is 21.5. The van der Waals surface area contributed by atoms with Gasteiger partial charge in [0.15, 0.2) is 11.9 Å². The van der Waals surface area contributed by atoms with Gasteiger partial charge in [0.1, 0.15) is 0 Å². The first-order valence-corrected chi connectivity index (χ1v) is 10.8. The molecule has 2 aromatic heterocycles. The number of nitrogens with zero attached hydrogens (tertiary/aromatic N) is 2. The number of amides is 1. The van der Waals surface area contributed by atoms with Gasteiger partial charge in [-0.2, -0.15) is 0 Å². The van der Waals surface area contributed by atoms with Gasteiger partial charge in [-0.1, -0.05) is 48.3 Å². The van der Waals surface area contributed by atoms with E-state index in [0.717, 1.165) is 41.4 Å². The molecular formula is C23H21Cl2N3O3. The molecule has 160 valence electrons. The lowest BCUT2D eigenvalue weighted by Crippen LogP contribution is -2.31. The summed E-state index contributed by atoms with van der Waals surface area (Å²) >= 11 is 11.9. The molecule has 0 bridgehead atoms. The third-order valence-corrected chi connectivity index (χ3v) is 5.91. The molecule has 0 aliphatic heterocycles. The number of benzene rings is 1. The maximum atomic E-state index is 13.2. The smallest absolute Gasteiger partial charge is 0.339 e. The second-order valence-electron chi connectivity index (χ2n) is 7.80. The minimum absolute atomic E-state index is 0.152. The molecule has 2 atom stereocenters. The fourth-order valence-corrected chi connectivity index (χ4v) is 4.22. The van der Waals surface area contributed by atoms with Gasteiger partial charge in [0.05, 0.1) is 21.1 Å². The van der Waals surface area contributed by atoms with Gasteiger partial charge < -0.3 is 10.1 Å². The zero-order valence-corrected chi connectivity index (χ0v) is 18.6. The van der Waals surface area contributed by atoms with Crippen molar-refractivity contribution in [3.63, 3.8) is 0 Å². The van der Waals surface area contributed by atoms with Crippen molar-refractivity contribution in [1.29, 1.82) is 0 Å². The summed E-state index contributed by atoms with van der Waals surface area (Å²) in [6.45, 7) is 3.67. The first-order chi connectivity index (χ1) is 14.8. The Morgan fingerprint density at radius 3 is 2.81 bits per heavy atom. The zero-order chi connectivity index (χ0) is 22.1. The van der Waals surface area contributed by atoms with Crippen LogP contribution in [0, 0.1) is 5.92 Å². The second kappa shape index (κ2) is 8.81. The molecule has 1 aliphatic carbocycles. The van der Waals surface area contributed by atoms with Crippen LogP contribution in [0.4, 0.5) is 5.82 Å². The number of hydrogen-bond donors (Lipinski definition) is 1. The number of aryl methyl sites for hydroxylation is 1. The lowest BCUT2D eigenvalue weighted by atomic mass is 9.84. The number of hydrogen-bond acceptors (Lipinski definition) is 5. The molecular weight excluding hydrogens is 437 g/mol. The largest absolute Gasteiger partial charge is 0.449 e. The summed E-state index contributed by atoms with van der Waals surface area (Å²) in [6, 6.07) is 8.97. The van der Waals surface area contributed by atoms with E-state index in [0.29, 0.717) is 16.5 Å². The van der Waals surface area contributed by atoms with Crippen molar-refractivity contribution in [2.75, 3.05) is 5.32 Å². The molecule has 0 fully saturated rings. The molecule has 0 saturated carbocycles. The Morgan fingerprint density at radius 1 is 1.26 bits per heavy atom. The maximum Gasteiger partial charge on any atom is 0.339 e. The lowest BCUT2D eigenvalue weighted by Gasteiger charge is -2.24. The molecule has 4 rings (SSSR count). The minimum Gasteiger partial charge on any atom is -0.449 e. The van der Waals surface area contributed by atoms with E-state index in [4.69, 9.17) is 32.9 Å². The molecule has 1 amide bonds. The van der Waals surface area contributed by atoms with E-state index >= 15 is 0 Å². The highest BCUT2D eigenvalue weighted by Crippen LogP contribution is 2.32. The van der Waals surface area contributed by atoms with E-state index < -0.39 is 18.0 Å². The Kier molecular flexibility index (Phi) is 6.12. The van der Waals surface area contributed by atoms with E-state index in [-0.39, 0.29) is 10.8 Å². The summed E-state index contributed by atoms with van der Waals surface area (Å²) in [5.41, 5.74) is 3.09. The van der Waals surface area contributed by atoms with Crippen LogP contribution in [-0.2, 0) is 22.4 Å². The summed E-state index contributed by atoms with van der Waals surface area (Å²) < 4.78 is 5.57. The molecule has 1 N–H and O–H groups in total. The summed E-state index contributed by atoms with van der Waals surface area (Å²) in [6.07, 6.45) is 2.92. The molecule has 1 aliphatic rings. The Morgan fingerprint density at radius 2 is 2.03 bits per heavy atom. The van der Waals surface area contributed by atoms with Crippen molar-refractivity contribution in [3.8, 4) is 0 Å². The number of halogens is 2. The Hall–Kier alpha value is -2.70. The van der Waals surface area contributed by atoms with E-state index in [1.54, 1.807) is 0 Å². The van der Waals surface area contributed by atoms with Crippen molar-refractivity contribution < 1.29 is 14.3 Å². The van der Waals surface area contributed by atoms with Crippen molar-refractivity contribution in [2.24, 2.45) is 5.92 Å². The number of anilines is 1. The van der Waals surface area contributed by atoms with Crippen LogP contribution in [0.15, 0.2) is 36.5 Å². The molecule has 0 spiro atoms. The lowest BCUT2D eigenvalue weighted by molar-refractivity contribution is -0.123. The number of ether oxygens (including phenoxy) is 1. The van der Waals surface area contributed by atoms with E-state index in [2.05, 4.69) is 17.2 Å². The highest BCUT2D eigenvalue weighted by Gasteiger charge is 2.28. The van der Waals surface area contributed by atoms with Gasteiger partial charge in [0, 0.05) is 17.3 Å². The van der Waals surface area contributed by atoms with Crippen molar-refractivity contribution in [1.82, 2.24) is 9.97 Å². The zero-order valence-electron chi connectivity index (χ0n) is 17.1. The SMILES string of the molecule is CC1CCc2nc3ccccc3c(C(=O)OC(C)C(=O)Nc3ncc(Cl)cc3Cl)c2C1.